The average Bonchev–Trinajstić information content (AvgIpc) is 3.05. The third kappa shape index (κ3) is 4.45. The number of primary amides is 1. The van der Waals surface area contributed by atoms with Gasteiger partial charge in [0, 0.05) is 36.1 Å². The number of sulfone groups is 1. The second-order valence-electron chi connectivity index (χ2n) is 9.14. The molecule has 1 aliphatic heterocycles. The van der Waals surface area contributed by atoms with Crippen molar-refractivity contribution in [1.29, 1.82) is 0 Å². The molecule has 4 rings (SSSR count). The Morgan fingerprint density at radius 2 is 1.79 bits per heavy atom. The number of nitrogens with zero attached hydrogens (tertiary/aromatic N) is 4. The molecule has 3 aromatic rings. The van der Waals surface area contributed by atoms with Crippen LogP contribution in [0.25, 0.3) is 0 Å². The quantitative estimate of drug-likeness (QED) is 0.566. The van der Waals surface area contributed by atoms with Crippen molar-refractivity contribution in [2.75, 3.05) is 11.4 Å². The predicted molar refractivity (Wildman–Crippen MR) is 127 cm³/mol. The molecule has 0 saturated carbocycles. The number of hydrogen-bond acceptors (Lipinski definition) is 8. The standard InChI is InChI=1S/C24H27N5O4S/c1-15-13-24(3,4)29(14-15)23-21(22(25)30)17(11-12-26-23)34(31,32)20-10-6-9-19(28-20)33-18-8-5-7-16(2)27-18/h5-12,15H,13-14H2,1-4H3,(H2,25,30). The maximum Gasteiger partial charge on any atom is 0.253 e. The molecule has 3 aromatic heterocycles. The number of anilines is 1. The number of amides is 1. The Balaban J connectivity index is 1.78. The van der Waals surface area contributed by atoms with Crippen LogP contribution in [0.4, 0.5) is 5.82 Å². The average molecular weight is 482 g/mol. The van der Waals surface area contributed by atoms with E-state index in [0.717, 1.165) is 12.1 Å². The number of pyridine rings is 3. The van der Waals surface area contributed by atoms with Crippen LogP contribution in [0.1, 0.15) is 43.2 Å². The Morgan fingerprint density at radius 3 is 2.41 bits per heavy atom. The molecule has 0 radical (unpaired) electrons. The Morgan fingerprint density at radius 1 is 1.12 bits per heavy atom. The molecule has 178 valence electrons. The van der Waals surface area contributed by atoms with Gasteiger partial charge in [-0.05, 0) is 51.3 Å². The van der Waals surface area contributed by atoms with E-state index in [4.69, 9.17) is 10.5 Å². The van der Waals surface area contributed by atoms with Crippen LogP contribution in [0.3, 0.4) is 0 Å². The van der Waals surface area contributed by atoms with Crippen molar-refractivity contribution >= 4 is 21.6 Å². The summed E-state index contributed by atoms with van der Waals surface area (Å²) < 4.78 is 32.9. The predicted octanol–water partition coefficient (Wildman–Crippen LogP) is 3.53. The lowest BCUT2D eigenvalue weighted by Crippen LogP contribution is -2.40. The van der Waals surface area contributed by atoms with Crippen LogP contribution >= 0.6 is 0 Å². The third-order valence-corrected chi connectivity index (χ3v) is 7.50. The summed E-state index contributed by atoms with van der Waals surface area (Å²) in [5.41, 5.74) is 6.00. The summed E-state index contributed by atoms with van der Waals surface area (Å²) in [7, 11) is -4.22. The highest BCUT2D eigenvalue weighted by Crippen LogP contribution is 2.39. The van der Waals surface area contributed by atoms with E-state index in [9.17, 15) is 13.2 Å². The van der Waals surface area contributed by atoms with Crippen molar-refractivity contribution < 1.29 is 17.9 Å². The number of carbonyl (C=O) groups is 1. The van der Waals surface area contributed by atoms with Crippen molar-refractivity contribution in [3.8, 4) is 11.8 Å². The van der Waals surface area contributed by atoms with Crippen LogP contribution in [0.15, 0.2) is 58.6 Å². The Bertz CT molecular complexity index is 1360. The first-order chi connectivity index (χ1) is 16.0. The molecule has 0 aliphatic carbocycles. The minimum absolute atomic E-state index is 0.0589. The van der Waals surface area contributed by atoms with E-state index in [1.807, 2.05) is 31.7 Å². The van der Waals surface area contributed by atoms with Gasteiger partial charge in [-0.1, -0.05) is 19.1 Å². The first-order valence-corrected chi connectivity index (χ1v) is 12.4. The van der Waals surface area contributed by atoms with Crippen molar-refractivity contribution in [3.63, 3.8) is 0 Å². The highest BCUT2D eigenvalue weighted by Gasteiger charge is 2.40. The molecule has 1 atom stereocenters. The number of carbonyl (C=O) groups excluding carboxylic acids is 1. The maximum absolute atomic E-state index is 13.6. The van der Waals surface area contributed by atoms with Crippen LogP contribution in [-0.4, -0.2) is 41.4 Å². The molecule has 1 unspecified atom stereocenters. The fraction of sp³-hybridized carbons (Fsp3) is 0.333. The number of nitrogens with two attached hydrogens (primary N) is 1. The fourth-order valence-corrected chi connectivity index (χ4v) is 5.84. The molecule has 1 fully saturated rings. The van der Waals surface area contributed by atoms with Gasteiger partial charge in [-0.25, -0.2) is 23.4 Å². The number of aromatic nitrogens is 3. The fourth-order valence-electron chi connectivity index (χ4n) is 4.45. The van der Waals surface area contributed by atoms with E-state index in [1.165, 1.54) is 30.5 Å². The SMILES string of the molecule is Cc1cccc(Oc2cccc(S(=O)(=O)c3ccnc(N4CC(C)CC4(C)C)c3C(N)=O)n2)n1. The summed E-state index contributed by atoms with van der Waals surface area (Å²) in [5.74, 6) is 0.0937. The summed E-state index contributed by atoms with van der Waals surface area (Å²) in [6.07, 6.45) is 2.25. The molecule has 1 saturated heterocycles. The molecule has 34 heavy (non-hydrogen) atoms. The van der Waals surface area contributed by atoms with Gasteiger partial charge in [-0.3, -0.25) is 4.79 Å². The van der Waals surface area contributed by atoms with Crippen molar-refractivity contribution in [2.24, 2.45) is 11.7 Å². The van der Waals surface area contributed by atoms with E-state index in [-0.39, 0.29) is 38.6 Å². The highest BCUT2D eigenvalue weighted by molar-refractivity contribution is 7.91. The molecule has 2 N–H and O–H groups in total. The van der Waals surface area contributed by atoms with Gasteiger partial charge in [-0.15, -0.1) is 0 Å². The normalized spacial score (nSPS) is 17.5. The van der Waals surface area contributed by atoms with Gasteiger partial charge in [-0.2, -0.15) is 0 Å². The zero-order valence-electron chi connectivity index (χ0n) is 19.5. The Labute approximate surface area is 198 Å². The minimum Gasteiger partial charge on any atom is -0.421 e. The van der Waals surface area contributed by atoms with Crippen molar-refractivity contribution in [3.05, 3.63) is 59.9 Å². The van der Waals surface area contributed by atoms with E-state index in [2.05, 4.69) is 21.9 Å². The molecule has 0 aromatic carbocycles. The molecule has 1 aliphatic rings. The minimum atomic E-state index is -4.22. The van der Waals surface area contributed by atoms with Gasteiger partial charge in [0.1, 0.15) is 11.4 Å². The van der Waals surface area contributed by atoms with Crippen molar-refractivity contribution in [1.82, 2.24) is 15.0 Å². The monoisotopic (exact) mass is 481 g/mol. The zero-order chi connectivity index (χ0) is 24.7. The largest absolute Gasteiger partial charge is 0.421 e. The molecule has 0 bridgehead atoms. The lowest BCUT2D eigenvalue weighted by molar-refractivity contribution is 0.0997. The maximum atomic E-state index is 13.6. The second kappa shape index (κ2) is 8.68. The van der Waals surface area contributed by atoms with E-state index >= 15 is 0 Å². The summed E-state index contributed by atoms with van der Waals surface area (Å²) in [6, 6.07) is 10.9. The van der Waals surface area contributed by atoms with Crippen LogP contribution < -0.4 is 15.4 Å². The van der Waals surface area contributed by atoms with Gasteiger partial charge in [0.2, 0.25) is 21.6 Å². The van der Waals surface area contributed by atoms with Crippen LogP contribution in [-0.2, 0) is 9.84 Å². The van der Waals surface area contributed by atoms with Gasteiger partial charge in [0.25, 0.3) is 5.91 Å². The molecule has 4 heterocycles. The Hall–Kier alpha value is -3.53. The molecule has 1 amide bonds. The van der Waals surface area contributed by atoms with E-state index in [1.54, 1.807) is 12.1 Å². The smallest absolute Gasteiger partial charge is 0.253 e. The number of ether oxygens (including phenoxy) is 1. The first-order valence-electron chi connectivity index (χ1n) is 10.9. The van der Waals surface area contributed by atoms with Crippen LogP contribution in [0.5, 0.6) is 11.8 Å². The Kier molecular flexibility index (Phi) is 6.03. The van der Waals surface area contributed by atoms with Gasteiger partial charge in [0.05, 0.1) is 4.90 Å². The number of hydrogen-bond donors (Lipinski definition) is 1. The van der Waals surface area contributed by atoms with Crippen LogP contribution in [0.2, 0.25) is 0 Å². The summed E-state index contributed by atoms with van der Waals surface area (Å²) in [5, 5.41) is -0.272. The third-order valence-electron chi connectivity index (χ3n) is 5.80. The summed E-state index contributed by atoms with van der Waals surface area (Å²) >= 11 is 0. The van der Waals surface area contributed by atoms with Crippen LogP contribution in [0, 0.1) is 12.8 Å². The lowest BCUT2D eigenvalue weighted by atomic mass is 9.97. The first kappa shape index (κ1) is 23.6. The van der Waals surface area contributed by atoms with Gasteiger partial charge < -0.3 is 15.4 Å². The molecule has 10 heteroatoms. The zero-order valence-corrected chi connectivity index (χ0v) is 20.3. The molecule has 9 nitrogen and oxygen atoms in total. The number of aryl methyl sites for hydroxylation is 1. The van der Waals surface area contributed by atoms with E-state index < -0.39 is 15.7 Å². The van der Waals surface area contributed by atoms with E-state index in [0.29, 0.717) is 12.5 Å². The summed E-state index contributed by atoms with van der Waals surface area (Å²) in [4.78, 5) is 27.1. The van der Waals surface area contributed by atoms with Crippen molar-refractivity contribution in [2.45, 2.75) is 49.6 Å². The summed E-state index contributed by atoms with van der Waals surface area (Å²) in [6.45, 7) is 8.62. The van der Waals surface area contributed by atoms with Gasteiger partial charge >= 0.3 is 0 Å². The molecule has 0 spiro atoms. The van der Waals surface area contributed by atoms with Gasteiger partial charge in [0.15, 0.2) is 5.03 Å². The molecular weight excluding hydrogens is 454 g/mol. The lowest BCUT2D eigenvalue weighted by Gasteiger charge is -2.33. The molecular formula is C24H27N5O4S. The second-order valence-corrected chi connectivity index (χ2v) is 11.0. The number of rotatable bonds is 6. The highest BCUT2D eigenvalue weighted by atomic mass is 32.2. The topological polar surface area (TPSA) is 128 Å².